The summed E-state index contributed by atoms with van der Waals surface area (Å²) in [7, 11) is 0. The van der Waals surface area contributed by atoms with E-state index in [9.17, 15) is 9.59 Å². The molecule has 3 aromatic rings. The molecule has 3 N–H and O–H groups in total. The lowest BCUT2D eigenvalue weighted by Gasteiger charge is -2.26. The number of carbonyl (C=O) groups is 2. The van der Waals surface area contributed by atoms with Crippen LogP contribution >= 0.6 is 0 Å². The van der Waals surface area contributed by atoms with Crippen LogP contribution in [0.1, 0.15) is 57.5 Å². The highest BCUT2D eigenvalue weighted by Gasteiger charge is 2.33. The number of rotatable bonds is 7. The molecule has 2 amide bonds. The number of hydrogen-bond donors (Lipinski definition) is 3. The molecule has 3 atom stereocenters. The number of amides is 2. The first-order chi connectivity index (χ1) is 15.7. The molecule has 0 saturated carbocycles. The van der Waals surface area contributed by atoms with Crippen LogP contribution in [-0.2, 0) is 21.4 Å². The van der Waals surface area contributed by atoms with E-state index >= 15 is 0 Å². The van der Waals surface area contributed by atoms with E-state index in [1.54, 1.807) is 6.92 Å². The number of nitrogens with one attached hydrogen (secondary N) is 3. The Bertz CT molecular complexity index is 1180. The number of para-hydroxylation sites is 1. The molecule has 1 aliphatic heterocycles. The van der Waals surface area contributed by atoms with Crippen molar-refractivity contribution in [3.8, 4) is 5.75 Å². The van der Waals surface area contributed by atoms with Crippen LogP contribution in [-0.4, -0.2) is 40.5 Å². The van der Waals surface area contributed by atoms with Crippen LogP contribution in [0.15, 0.2) is 42.5 Å². The minimum Gasteiger partial charge on any atom is -0.490 e. The first kappa shape index (κ1) is 22.8. The van der Waals surface area contributed by atoms with Crippen LogP contribution < -0.4 is 15.4 Å². The highest BCUT2D eigenvalue weighted by atomic mass is 16.5. The third kappa shape index (κ3) is 4.45. The first-order valence-corrected chi connectivity index (χ1v) is 11.5. The second kappa shape index (κ2) is 8.89. The minimum atomic E-state index is -0.813. The number of carbonyl (C=O) groups excluding carboxylic acids is 2. The molecule has 174 valence electrons. The molecule has 1 aliphatic rings. The van der Waals surface area contributed by atoms with Gasteiger partial charge in [0.05, 0.1) is 16.4 Å². The summed E-state index contributed by atoms with van der Waals surface area (Å²) in [5.41, 5.74) is 3.01. The van der Waals surface area contributed by atoms with Crippen molar-refractivity contribution in [1.29, 1.82) is 0 Å². The maximum Gasteiger partial charge on any atom is 0.242 e. The standard InChI is InChI=1S/C26H32N4O3/c1-6-27-24(31)15(2)28-25(32)26(4,5)17-11-12-20-21(13-17)30-23(29-20)14-19-16(3)33-22-10-8-7-9-18(19)22/h7-13,15-16,19H,6,14H2,1-5H3,(H,27,31)(H,28,32)(H,29,30)/t15-,16?,19-/m1/s1. The summed E-state index contributed by atoms with van der Waals surface area (Å²) < 4.78 is 6.00. The van der Waals surface area contributed by atoms with Crippen LogP contribution in [0.5, 0.6) is 5.75 Å². The summed E-state index contributed by atoms with van der Waals surface area (Å²) in [4.78, 5) is 33.2. The highest BCUT2D eigenvalue weighted by molar-refractivity contribution is 5.93. The number of aromatic nitrogens is 2. The average molecular weight is 449 g/mol. The summed E-state index contributed by atoms with van der Waals surface area (Å²) in [5, 5.41) is 5.56. The maximum absolute atomic E-state index is 13.0. The lowest BCUT2D eigenvalue weighted by Crippen LogP contribution is -2.50. The predicted octanol–water partition coefficient (Wildman–Crippen LogP) is 3.59. The van der Waals surface area contributed by atoms with Crippen molar-refractivity contribution >= 4 is 22.8 Å². The molecule has 2 heterocycles. The molecule has 0 spiro atoms. The number of benzene rings is 2. The minimum absolute atomic E-state index is 0.0840. The molecule has 0 saturated heterocycles. The van der Waals surface area contributed by atoms with E-state index in [4.69, 9.17) is 9.72 Å². The molecule has 4 rings (SSSR count). The normalized spacial score (nSPS) is 18.5. The summed E-state index contributed by atoms with van der Waals surface area (Å²) in [6.45, 7) is 9.88. The van der Waals surface area contributed by atoms with Gasteiger partial charge >= 0.3 is 0 Å². The topological polar surface area (TPSA) is 96.1 Å². The van der Waals surface area contributed by atoms with Gasteiger partial charge < -0.3 is 20.4 Å². The number of likely N-dealkylation sites (N-methyl/N-ethyl adjacent to an activating group) is 1. The third-order valence-corrected chi connectivity index (χ3v) is 6.52. The molecule has 7 heteroatoms. The van der Waals surface area contributed by atoms with Crippen molar-refractivity contribution in [3.05, 3.63) is 59.4 Å². The summed E-state index contributed by atoms with van der Waals surface area (Å²) in [6.07, 6.45) is 0.830. The van der Waals surface area contributed by atoms with Crippen molar-refractivity contribution in [3.63, 3.8) is 0 Å². The number of ether oxygens (including phenoxy) is 1. The van der Waals surface area contributed by atoms with Gasteiger partial charge in [0.2, 0.25) is 11.8 Å². The van der Waals surface area contributed by atoms with E-state index in [0.717, 1.165) is 34.6 Å². The smallest absolute Gasteiger partial charge is 0.242 e. The second-order valence-corrected chi connectivity index (χ2v) is 9.30. The van der Waals surface area contributed by atoms with Gasteiger partial charge in [0, 0.05) is 24.4 Å². The number of imidazole rings is 1. The Hall–Kier alpha value is -3.35. The van der Waals surface area contributed by atoms with Gasteiger partial charge in [-0.1, -0.05) is 24.3 Å². The number of aromatic amines is 1. The maximum atomic E-state index is 13.0. The fourth-order valence-electron chi connectivity index (χ4n) is 4.36. The van der Waals surface area contributed by atoms with Gasteiger partial charge in [0.1, 0.15) is 23.7 Å². The van der Waals surface area contributed by atoms with Crippen molar-refractivity contribution in [2.45, 2.75) is 64.5 Å². The molecule has 1 aromatic heterocycles. The predicted molar refractivity (Wildman–Crippen MR) is 128 cm³/mol. The first-order valence-electron chi connectivity index (χ1n) is 11.5. The Labute approximate surface area is 194 Å². The van der Waals surface area contributed by atoms with E-state index < -0.39 is 11.5 Å². The largest absolute Gasteiger partial charge is 0.490 e. The van der Waals surface area contributed by atoms with Gasteiger partial charge in [0.25, 0.3) is 0 Å². The number of H-pyrrole nitrogens is 1. The van der Waals surface area contributed by atoms with Crippen molar-refractivity contribution < 1.29 is 14.3 Å². The van der Waals surface area contributed by atoms with Gasteiger partial charge in [0.15, 0.2) is 0 Å². The van der Waals surface area contributed by atoms with Gasteiger partial charge in [-0.2, -0.15) is 0 Å². The van der Waals surface area contributed by atoms with E-state index in [1.165, 1.54) is 5.56 Å². The summed E-state index contributed by atoms with van der Waals surface area (Å²) in [5.74, 6) is 1.68. The molecule has 0 radical (unpaired) electrons. The molecule has 0 fully saturated rings. The lowest BCUT2D eigenvalue weighted by molar-refractivity contribution is -0.131. The highest BCUT2D eigenvalue weighted by Crippen LogP contribution is 2.39. The van der Waals surface area contributed by atoms with Crippen molar-refractivity contribution in [2.24, 2.45) is 0 Å². The van der Waals surface area contributed by atoms with Gasteiger partial charge in [-0.15, -0.1) is 0 Å². The van der Waals surface area contributed by atoms with E-state index in [1.807, 2.05) is 57.2 Å². The summed E-state index contributed by atoms with van der Waals surface area (Å²) in [6, 6.07) is 13.4. The lowest BCUT2D eigenvalue weighted by atomic mass is 9.83. The Morgan fingerprint density at radius 1 is 1.21 bits per heavy atom. The van der Waals surface area contributed by atoms with E-state index in [2.05, 4.69) is 28.6 Å². The fraction of sp³-hybridized carbons (Fsp3) is 0.423. The van der Waals surface area contributed by atoms with Crippen LogP contribution in [0.3, 0.4) is 0 Å². The average Bonchev–Trinajstić information content (AvgIpc) is 3.33. The SMILES string of the molecule is CCNC(=O)[C@@H](C)NC(=O)C(C)(C)c1ccc2nc(C[C@H]3c4ccccc4OC3C)[nH]c2c1. The monoisotopic (exact) mass is 448 g/mol. The molecular weight excluding hydrogens is 416 g/mol. The fourth-order valence-corrected chi connectivity index (χ4v) is 4.36. The van der Waals surface area contributed by atoms with E-state index in [0.29, 0.717) is 6.54 Å². The molecule has 2 aromatic carbocycles. The van der Waals surface area contributed by atoms with Gasteiger partial charge in [-0.25, -0.2) is 4.98 Å². The van der Waals surface area contributed by atoms with Crippen LogP contribution in [0.2, 0.25) is 0 Å². The Kier molecular flexibility index (Phi) is 6.15. The Balaban J connectivity index is 1.53. The third-order valence-electron chi connectivity index (χ3n) is 6.52. The van der Waals surface area contributed by atoms with Crippen molar-refractivity contribution in [1.82, 2.24) is 20.6 Å². The Morgan fingerprint density at radius 2 is 1.97 bits per heavy atom. The van der Waals surface area contributed by atoms with Gasteiger partial charge in [-0.3, -0.25) is 9.59 Å². The molecular formula is C26H32N4O3. The van der Waals surface area contributed by atoms with E-state index in [-0.39, 0.29) is 23.8 Å². The number of hydrogen-bond acceptors (Lipinski definition) is 4. The zero-order valence-electron chi connectivity index (χ0n) is 19.9. The number of nitrogens with zero attached hydrogens (tertiary/aromatic N) is 1. The zero-order chi connectivity index (χ0) is 23.8. The molecule has 33 heavy (non-hydrogen) atoms. The van der Waals surface area contributed by atoms with Crippen LogP contribution in [0, 0.1) is 0 Å². The molecule has 1 unspecified atom stereocenters. The van der Waals surface area contributed by atoms with Gasteiger partial charge in [-0.05, 0) is 58.4 Å². The molecule has 7 nitrogen and oxygen atoms in total. The van der Waals surface area contributed by atoms with Crippen LogP contribution in [0.25, 0.3) is 11.0 Å². The quantitative estimate of drug-likeness (QED) is 0.515. The molecule has 0 aliphatic carbocycles. The Morgan fingerprint density at radius 3 is 2.73 bits per heavy atom. The van der Waals surface area contributed by atoms with Crippen LogP contribution in [0.4, 0.5) is 0 Å². The zero-order valence-corrected chi connectivity index (χ0v) is 19.9. The van der Waals surface area contributed by atoms with Crippen molar-refractivity contribution in [2.75, 3.05) is 6.54 Å². The second-order valence-electron chi connectivity index (χ2n) is 9.30. The molecule has 0 bridgehead atoms. The summed E-state index contributed by atoms with van der Waals surface area (Å²) >= 11 is 0. The number of fused-ring (bicyclic) bond motifs is 2.